The lowest BCUT2D eigenvalue weighted by molar-refractivity contribution is 0.437. The van der Waals surface area contributed by atoms with E-state index in [9.17, 15) is 5.11 Å². The molecule has 14 heavy (non-hydrogen) atoms. The number of phenols is 2. The minimum absolute atomic E-state index is 0.120. The fourth-order valence-corrected chi connectivity index (χ4v) is 1.70. The molecule has 0 fully saturated rings. The lowest BCUT2D eigenvalue weighted by Crippen LogP contribution is -1.99. The highest BCUT2D eigenvalue weighted by Gasteiger charge is 2.07. The predicted molar refractivity (Wildman–Crippen MR) is 57.5 cm³/mol. The average Bonchev–Trinajstić information content (AvgIpc) is 2.10. The first-order chi connectivity index (χ1) is 6.63. The van der Waals surface area contributed by atoms with Crippen LogP contribution in [0.3, 0.4) is 0 Å². The molecule has 1 aromatic carbocycles. The van der Waals surface area contributed by atoms with E-state index in [-0.39, 0.29) is 11.5 Å². The van der Waals surface area contributed by atoms with Gasteiger partial charge in [-0.25, -0.2) is 0 Å². The Hall–Kier alpha value is -1.18. The number of benzene rings is 1. The molecule has 0 heterocycles. The Morgan fingerprint density at radius 3 is 2.57 bits per heavy atom. The summed E-state index contributed by atoms with van der Waals surface area (Å²) in [5, 5.41) is 18.7. The quantitative estimate of drug-likeness (QED) is 0.773. The summed E-state index contributed by atoms with van der Waals surface area (Å²) < 4.78 is 0. The van der Waals surface area contributed by atoms with E-state index in [4.69, 9.17) is 5.11 Å². The van der Waals surface area contributed by atoms with E-state index in [2.05, 4.69) is 13.8 Å². The topological polar surface area (TPSA) is 40.5 Å². The van der Waals surface area contributed by atoms with Crippen molar-refractivity contribution in [1.29, 1.82) is 0 Å². The molecule has 0 spiro atoms. The average molecular weight is 194 g/mol. The fourth-order valence-electron chi connectivity index (χ4n) is 1.70. The molecule has 2 heteroatoms. The first-order valence-corrected chi connectivity index (χ1v) is 5.14. The largest absolute Gasteiger partial charge is 0.508 e. The van der Waals surface area contributed by atoms with Crippen LogP contribution in [0.15, 0.2) is 18.2 Å². The molecule has 2 N–H and O–H groups in total. The summed E-state index contributed by atoms with van der Waals surface area (Å²) in [4.78, 5) is 0. The summed E-state index contributed by atoms with van der Waals surface area (Å²) in [5.74, 6) is 0.901. The van der Waals surface area contributed by atoms with E-state index in [1.165, 1.54) is 18.9 Å². The first-order valence-electron chi connectivity index (χ1n) is 5.14. The van der Waals surface area contributed by atoms with E-state index >= 15 is 0 Å². The highest BCUT2D eigenvalue weighted by atomic mass is 16.3. The Morgan fingerprint density at radius 1 is 1.29 bits per heavy atom. The number of hydrogen-bond acceptors (Lipinski definition) is 2. The van der Waals surface area contributed by atoms with Crippen LogP contribution in [0, 0.1) is 5.92 Å². The van der Waals surface area contributed by atoms with Crippen LogP contribution >= 0.6 is 0 Å². The van der Waals surface area contributed by atoms with Crippen molar-refractivity contribution in [2.24, 2.45) is 5.92 Å². The summed E-state index contributed by atoms with van der Waals surface area (Å²) in [7, 11) is 0. The Kier molecular flexibility index (Phi) is 3.81. The minimum Gasteiger partial charge on any atom is -0.508 e. The second kappa shape index (κ2) is 4.89. The van der Waals surface area contributed by atoms with Crippen molar-refractivity contribution in [2.75, 3.05) is 0 Å². The van der Waals surface area contributed by atoms with Crippen LogP contribution < -0.4 is 0 Å². The smallest absolute Gasteiger partial charge is 0.122 e. The highest BCUT2D eigenvalue weighted by Crippen LogP contribution is 2.25. The molecule has 0 aliphatic rings. The third-order valence-corrected chi connectivity index (χ3v) is 2.42. The van der Waals surface area contributed by atoms with Crippen molar-refractivity contribution in [1.82, 2.24) is 0 Å². The van der Waals surface area contributed by atoms with Crippen LogP contribution in [0.25, 0.3) is 0 Å². The molecule has 0 saturated carbocycles. The van der Waals surface area contributed by atoms with Crippen molar-refractivity contribution in [3.63, 3.8) is 0 Å². The molecule has 0 aliphatic heterocycles. The minimum atomic E-state index is 0.120. The van der Waals surface area contributed by atoms with Gasteiger partial charge in [-0.05, 0) is 24.0 Å². The van der Waals surface area contributed by atoms with Gasteiger partial charge >= 0.3 is 0 Å². The van der Waals surface area contributed by atoms with Gasteiger partial charge in [0, 0.05) is 6.07 Å². The molecule has 1 rings (SSSR count). The van der Waals surface area contributed by atoms with Crippen LogP contribution in [-0.2, 0) is 6.42 Å². The number of aromatic hydroxyl groups is 2. The molecule has 0 amide bonds. The van der Waals surface area contributed by atoms with E-state index in [0.29, 0.717) is 5.92 Å². The van der Waals surface area contributed by atoms with Gasteiger partial charge in [-0.15, -0.1) is 0 Å². The molecular weight excluding hydrogens is 176 g/mol. The standard InChI is InChI=1S/C12H18O2/c1-3-4-9(2)7-10-5-6-11(13)8-12(10)14/h5-6,8-9,13-14H,3-4,7H2,1-2H3. The molecule has 0 aromatic heterocycles. The maximum atomic E-state index is 9.55. The summed E-state index contributed by atoms with van der Waals surface area (Å²) in [6.45, 7) is 4.34. The Balaban J connectivity index is 2.67. The maximum Gasteiger partial charge on any atom is 0.122 e. The van der Waals surface area contributed by atoms with Crippen molar-refractivity contribution < 1.29 is 10.2 Å². The van der Waals surface area contributed by atoms with E-state index in [1.807, 2.05) is 0 Å². The Labute approximate surface area is 85.2 Å². The second-order valence-corrected chi connectivity index (χ2v) is 3.91. The lowest BCUT2D eigenvalue weighted by atomic mass is 9.96. The van der Waals surface area contributed by atoms with Gasteiger partial charge in [0.05, 0.1) is 0 Å². The number of hydrogen-bond donors (Lipinski definition) is 2. The molecule has 2 nitrogen and oxygen atoms in total. The van der Waals surface area contributed by atoms with Gasteiger partial charge in [0.15, 0.2) is 0 Å². The third kappa shape index (κ3) is 2.95. The monoisotopic (exact) mass is 194 g/mol. The molecule has 0 saturated heterocycles. The highest BCUT2D eigenvalue weighted by molar-refractivity contribution is 5.39. The molecule has 0 aliphatic carbocycles. The zero-order valence-electron chi connectivity index (χ0n) is 8.83. The molecule has 0 radical (unpaired) electrons. The predicted octanol–water partition coefficient (Wildman–Crippen LogP) is 3.08. The molecule has 78 valence electrons. The Bertz CT molecular complexity index is 294. The van der Waals surface area contributed by atoms with Crippen LogP contribution in [0.1, 0.15) is 32.3 Å². The zero-order valence-corrected chi connectivity index (χ0v) is 8.83. The van der Waals surface area contributed by atoms with Gasteiger partial charge in [0.1, 0.15) is 11.5 Å². The first kappa shape index (κ1) is 10.9. The Morgan fingerprint density at radius 2 is 2.00 bits per heavy atom. The van der Waals surface area contributed by atoms with Crippen molar-refractivity contribution in [3.05, 3.63) is 23.8 Å². The summed E-state index contributed by atoms with van der Waals surface area (Å²) in [5.41, 5.74) is 0.920. The van der Waals surface area contributed by atoms with Gasteiger partial charge in [-0.2, -0.15) is 0 Å². The van der Waals surface area contributed by atoms with Crippen LogP contribution in [0.5, 0.6) is 11.5 Å². The molecule has 0 bridgehead atoms. The van der Waals surface area contributed by atoms with Gasteiger partial charge in [0.2, 0.25) is 0 Å². The van der Waals surface area contributed by atoms with Crippen molar-refractivity contribution in [3.8, 4) is 11.5 Å². The van der Waals surface area contributed by atoms with Gasteiger partial charge < -0.3 is 10.2 Å². The van der Waals surface area contributed by atoms with Crippen LogP contribution in [0.2, 0.25) is 0 Å². The molecule has 1 unspecified atom stereocenters. The normalized spacial score (nSPS) is 12.7. The van der Waals surface area contributed by atoms with E-state index in [1.54, 1.807) is 12.1 Å². The lowest BCUT2D eigenvalue weighted by Gasteiger charge is -2.11. The van der Waals surface area contributed by atoms with Gasteiger partial charge in [0.25, 0.3) is 0 Å². The van der Waals surface area contributed by atoms with Crippen LogP contribution in [-0.4, -0.2) is 10.2 Å². The van der Waals surface area contributed by atoms with Gasteiger partial charge in [-0.1, -0.05) is 32.8 Å². The fraction of sp³-hybridized carbons (Fsp3) is 0.500. The number of phenolic OH excluding ortho intramolecular Hbond substituents is 2. The molecular formula is C12H18O2. The maximum absolute atomic E-state index is 9.55. The van der Waals surface area contributed by atoms with Crippen molar-refractivity contribution in [2.45, 2.75) is 33.1 Å². The second-order valence-electron chi connectivity index (χ2n) is 3.91. The van der Waals surface area contributed by atoms with E-state index in [0.717, 1.165) is 12.0 Å². The van der Waals surface area contributed by atoms with Crippen LogP contribution in [0.4, 0.5) is 0 Å². The molecule has 1 aromatic rings. The molecule has 1 atom stereocenters. The van der Waals surface area contributed by atoms with Gasteiger partial charge in [-0.3, -0.25) is 0 Å². The zero-order chi connectivity index (χ0) is 10.6. The number of rotatable bonds is 4. The van der Waals surface area contributed by atoms with E-state index < -0.39 is 0 Å². The summed E-state index contributed by atoms with van der Waals surface area (Å²) >= 11 is 0. The third-order valence-electron chi connectivity index (χ3n) is 2.42. The SMILES string of the molecule is CCCC(C)Cc1ccc(O)cc1O. The van der Waals surface area contributed by atoms with Crippen molar-refractivity contribution >= 4 is 0 Å². The summed E-state index contributed by atoms with van der Waals surface area (Å²) in [6.07, 6.45) is 3.21. The summed E-state index contributed by atoms with van der Waals surface area (Å²) in [6, 6.07) is 4.80.